The van der Waals surface area contributed by atoms with E-state index in [4.69, 9.17) is 4.98 Å². The van der Waals surface area contributed by atoms with E-state index < -0.39 is 0 Å². The molecule has 6 rings (SSSR count). The molecule has 2 unspecified atom stereocenters. The molecule has 1 saturated heterocycles. The molecule has 3 aromatic rings. The zero-order valence-corrected chi connectivity index (χ0v) is 16.2. The zero-order valence-electron chi connectivity index (χ0n) is 16.2. The third-order valence-electron chi connectivity index (χ3n) is 6.89. The fourth-order valence-electron chi connectivity index (χ4n) is 5.35. The van der Waals surface area contributed by atoms with Crippen LogP contribution in [0.3, 0.4) is 0 Å². The smallest absolute Gasteiger partial charge is 0.256 e. The first kappa shape index (κ1) is 16.9. The average Bonchev–Trinajstić information content (AvgIpc) is 3.09. The van der Waals surface area contributed by atoms with Crippen LogP contribution in [0.2, 0.25) is 0 Å². The standard InChI is InChI=1S/C22H22FN5O/c1-13-2-3-14-4-5-16(23)10-18(14)22-11-15(22)6-8-27(22)19-7-9-28-20(26-19)17(12-24-28)21(29)25-13/h4-5,7,9-10,12-13,15H,2-3,6,8,11H2,1H3,(H,25,29)/t13-,15?,22?/m1/s1. The lowest BCUT2D eigenvalue weighted by atomic mass is 9.92. The molecule has 148 valence electrons. The van der Waals surface area contributed by atoms with E-state index in [1.165, 1.54) is 5.56 Å². The number of fused-ring (bicyclic) bond motifs is 3. The number of nitrogens with one attached hydrogen (secondary N) is 1. The van der Waals surface area contributed by atoms with Crippen molar-refractivity contribution in [1.29, 1.82) is 0 Å². The number of rotatable bonds is 0. The molecular formula is C22H22FN5O. The number of carbonyl (C=O) groups excluding carboxylic acids is 1. The number of carbonyl (C=O) groups is 1. The van der Waals surface area contributed by atoms with Crippen LogP contribution in [0.25, 0.3) is 5.65 Å². The predicted octanol–water partition coefficient (Wildman–Crippen LogP) is 3.06. The summed E-state index contributed by atoms with van der Waals surface area (Å²) in [5.41, 5.74) is 3.13. The number of amides is 1. The highest BCUT2D eigenvalue weighted by molar-refractivity contribution is 5.99. The summed E-state index contributed by atoms with van der Waals surface area (Å²) in [6, 6.07) is 7.14. The second-order valence-electron chi connectivity index (χ2n) is 8.59. The number of nitrogens with zero attached hydrogens (tertiary/aromatic N) is 4. The average molecular weight is 391 g/mol. The molecular weight excluding hydrogens is 369 g/mol. The first-order valence-corrected chi connectivity index (χ1v) is 10.3. The van der Waals surface area contributed by atoms with Crippen molar-refractivity contribution in [3.05, 3.63) is 59.2 Å². The van der Waals surface area contributed by atoms with Crippen molar-refractivity contribution < 1.29 is 9.18 Å². The summed E-state index contributed by atoms with van der Waals surface area (Å²) in [5, 5.41) is 7.36. The molecule has 1 saturated carbocycles. The number of halogens is 1. The lowest BCUT2D eigenvalue weighted by Gasteiger charge is -2.31. The van der Waals surface area contributed by atoms with Crippen molar-refractivity contribution in [3.63, 3.8) is 0 Å². The van der Waals surface area contributed by atoms with Gasteiger partial charge in [-0.05, 0) is 67.9 Å². The van der Waals surface area contributed by atoms with E-state index in [1.54, 1.807) is 22.8 Å². The van der Waals surface area contributed by atoms with Crippen LogP contribution in [-0.4, -0.2) is 33.1 Å². The monoisotopic (exact) mass is 391 g/mol. The molecule has 2 aromatic heterocycles. The number of benzene rings is 1. The Morgan fingerprint density at radius 1 is 1.28 bits per heavy atom. The summed E-state index contributed by atoms with van der Waals surface area (Å²) in [6.45, 7) is 2.89. The van der Waals surface area contributed by atoms with E-state index in [0.717, 1.165) is 43.6 Å². The Balaban J connectivity index is 1.57. The molecule has 7 heteroatoms. The van der Waals surface area contributed by atoms with Crippen LogP contribution < -0.4 is 10.2 Å². The van der Waals surface area contributed by atoms with Gasteiger partial charge in [0.25, 0.3) is 5.91 Å². The van der Waals surface area contributed by atoms with Gasteiger partial charge in [-0.25, -0.2) is 13.9 Å². The highest BCUT2D eigenvalue weighted by Gasteiger charge is 2.64. The minimum atomic E-state index is -0.192. The lowest BCUT2D eigenvalue weighted by Crippen LogP contribution is -2.34. The Bertz CT molecular complexity index is 1160. The topological polar surface area (TPSA) is 62.5 Å². The van der Waals surface area contributed by atoms with E-state index in [0.29, 0.717) is 17.1 Å². The maximum atomic E-state index is 14.3. The number of aromatic nitrogens is 3. The van der Waals surface area contributed by atoms with Crippen molar-refractivity contribution >= 4 is 17.4 Å². The third-order valence-corrected chi connectivity index (χ3v) is 6.89. The predicted molar refractivity (Wildman–Crippen MR) is 106 cm³/mol. The second kappa shape index (κ2) is 5.78. The molecule has 2 bridgehead atoms. The van der Waals surface area contributed by atoms with Gasteiger partial charge in [0.15, 0.2) is 5.65 Å². The molecule has 1 amide bonds. The van der Waals surface area contributed by atoms with Crippen LogP contribution >= 0.6 is 0 Å². The number of anilines is 1. The Labute approximate surface area is 167 Å². The van der Waals surface area contributed by atoms with Gasteiger partial charge in [0.2, 0.25) is 0 Å². The number of aryl methyl sites for hydroxylation is 1. The van der Waals surface area contributed by atoms with Gasteiger partial charge < -0.3 is 10.2 Å². The Morgan fingerprint density at radius 2 is 2.17 bits per heavy atom. The van der Waals surface area contributed by atoms with Crippen LogP contribution in [0, 0.1) is 11.7 Å². The van der Waals surface area contributed by atoms with Gasteiger partial charge in [0.05, 0.1) is 11.7 Å². The van der Waals surface area contributed by atoms with Crippen LogP contribution in [0.1, 0.15) is 47.7 Å². The van der Waals surface area contributed by atoms with Gasteiger partial charge in [-0.15, -0.1) is 0 Å². The SMILES string of the molecule is C[C@@H]1CCc2ccc(F)cc2C23CC2CCN3c2ccn3ncc(c3n2)C(=O)N1. The minimum Gasteiger partial charge on any atom is -0.349 e. The molecule has 1 aliphatic carbocycles. The summed E-state index contributed by atoms with van der Waals surface area (Å²) in [5.74, 6) is 1.00. The first-order valence-electron chi connectivity index (χ1n) is 10.3. The first-order chi connectivity index (χ1) is 14.1. The lowest BCUT2D eigenvalue weighted by molar-refractivity contribution is 0.0940. The van der Waals surface area contributed by atoms with Crippen LogP contribution in [0.15, 0.2) is 36.7 Å². The van der Waals surface area contributed by atoms with E-state index in [-0.39, 0.29) is 23.3 Å². The molecule has 0 radical (unpaired) electrons. The van der Waals surface area contributed by atoms with Crippen LogP contribution in [0.4, 0.5) is 10.2 Å². The van der Waals surface area contributed by atoms with Crippen LogP contribution in [-0.2, 0) is 12.0 Å². The number of hydrogen-bond donors (Lipinski definition) is 1. The van der Waals surface area contributed by atoms with Crippen molar-refractivity contribution in [2.45, 2.75) is 44.2 Å². The van der Waals surface area contributed by atoms with Gasteiger partial charge in [-0.3, -0.25) is 4.79 Å². The highest BCUT2D eigenvalue weighted by Crippen LogP contribution is 2.64. The van der Waals surface area contributed by atoms with E-state index in [1.807, 2.05) is 25.3 Å². The number of hydrogen-bond acceptors (Lipinski definition) is 4. The number of piperidine rings is 1. The maximum Gasteiger partial charge on any atom is 0.256 e. The summed E-state index contributed by atoms with van der Waals surface area (Å²) in [7, 11) is 0. The Morgan fingerprint density at radius 3 is 3.03 bits per heavy atom. The maximum absolute atomic E-state index is 14.3. The fourth-order valence-corrected chi connectivity index (χ4v) is 5.35. The molecule has 6 nitrogen and oxygen atoms in total. The Hall–Kier alpha value is -2.96. The summed E-state index contributed by atoms with van der Waals surface area (Å²) >= 11 is 0. The van der Waals surface area contributed by atoms with Crippen LogP contribution in [0.5, 0.6) is 0 Å². The molecule has 2 fully saturated rings. The molecule has 1 aromatic carbocycles. The van der Waals surface area contributed by atoms with Gasteiger partial charge in [0.1, 0.15) is 17.2 Å². The van der Waals surface area contributed by atoms with Gasteiger partial charge >= 0.3 is 0 Å². The van der Waals surface area contributed by atoms with E-state index >= 15 is 0 Å². The fraction of sp³-hybridized carbons (Fsp3) is 0.409. The van der Waals surface area contributed by atoms with E-state index in [9.17, 15) is 9.18 Å². The van der Waals surface area contributed by atoms with Crippen molar-refractivity contribution in [3.8, 4) is 0 Å². The zero-order chi connectivity index (χ0) is 19.8. The van der Waals surface area contributed by atoms with Gasteiger partial charge in [-0.2, -0.15) is 5.10 Å². The quantitative estimate of drug-likeness (QED) is 0.640. The highest BCUT2D eigenvalue weighted by atomic mass is 19.1. The van der Waals surface area contributed by atoms with Crippen molar-refractivity contribution in [2.24, 2.45) is 5.92 Å². The molecule has 1 spiro atoms. The Kier molecular flexibility index (Phi) is 3.38. The summed E-state index contributed by atoms with van der Waals surface area (Å²) in [6.07, 6.45) is 7.13. The second-order valence-corrected chi connectivity index (χ2v) is 8.59. The molecule has 4 heterocycles. The normalized spacial score (nSPS) is 28.1. The third kappa shape index (κ3) is 2.36. The van der Waals surface area contributed by atoms with Crippen molar-refractivity contribution in [1.82, 2.24) is 19.9 Å². The molecule has 2 aliphatic heterocycles. The molecule has 29 heavy (non-hydrogen) atoms. The summed E-state index contributed by atoms with van der Waals surface area (Å²) in [4.78, 5) is 20.0. The minimum absolute atomic E-state index is 0.00790. The van der Waals surface area contributed by atoms with Crippen molar-refractivity contribution in [2.75, 3.05) is 11.4 Å². The van der Waals surface area contributed by atoms with Gasteiger partial charge in [-0.1, -0.05) is 6.07 Å². The van der Waals surface area contributed by atoms with Gasteiger partial charge in [0, 0.05) is 18.8 Å². The molecule has 3 aliphatic rings. The summed E-state index contributed by atoms with van der Waals surface area (Å²) < 4.78 is 15.9. The largest absolute Gasteiger partial charge is 0.349 e. The van der Waals surface area contributed by atoms with E-state index in [2.05, 4.69) is 15.3 Å². The molecule has 3 atom stereocenters. The molecule has 1 N–H and O–H groups in total.